The van der Waals surface area contributed by atoms with Crippen molar-refractivity contribution < 1.29 is 9.84 Å². The first kappa shape index (κ1) is 23.7. The van der Waals surface area contributed by atoms with E-state index in [-0.39, 0.29) is 5.92 Å². The first-order valence-corrected chi connectivity index (χ1v) is 7.76. The third-order valence-corrected chi connectivity index (χ3v) is 2.10. The second-order valence-corrected chi connectivity index (χ2v) is 5.38. The van der Waals surface area contributed by atoms with Gasteiger partial charge >= 0.3 is 0 Å². The predicted molar refractivity (Wildman–Crippen MR) is 87.3 cm³/mol. The van der Waals surface area contributed by atoms with Crippen molar-refractivity contribution in [1.82, 2.24) is 0 Å². The Morgan fingerprint density at radius 2 is 1.37 bits per heavy atom. The molecular weight excluding hydrogens is 236 g/mol. The third-order valence-electron chi connectivity index (χ3n) is 2.10. The van der Waals surface area contributed by atoms with E-state index in [1.54, 1.807) is 0 Å². The van der Waals surface area contributed by atoms with Crippen LogP contribution in [0.1, 0.15) is 75.2 Å². The fraction of sp³-hybridized carbons (Fsp3) is 0.882. The smallest absolute Gasteiger partial charge is 0.157 e. The summed E-state index contributed by atoms with van der Waals surface area (Å²) in [6.45, 7) is 19.2. The molecule has 0 spiro atoms. The molecule has 0 aromatic heterocycles. The minimum atomic E-state index is -0.645. The monoisotopic (exact) mass is 274 g/mol. The molecule has 0 saturated carbocycles. The van der Waals surface area contributed by atoms with E-state index in [2.05, 4.69) is 47.6 Å². The topological polar surface area (TPSA) is 29.5 Å². The first-order chi connectivity index (χ1) is 8.81. The van der Waals surface area contributed by atoms with Gasteiger partial charge in [-0.15, -0.1) is 0 Å². The van der Waals surface area contributed by atoms with Gasteiger partial charge in [0.2, 0.25) is 0 Å². The van der Waals surface area contributed by atoms with Crippen LogP contribution in [0.5, 0.6) is 0 Å². The molecule has 118 valence electrons. The lowest BCUT2D eigenvalue weighted by Crippen LogP contribution is -2.20. The third kappa shape index (κ3) is 20.2. The highest BCUT2D eigenvalue weighted by Crippen LogP contribution is 2.12. The molecule has 1 unspecified atom stereocenters. The molecule has 0 fully saturated rings. The molecule has 0 aliphatic heterocycles. The molecule has 0 aliphatic carbocycles. The van der Waals surface area contributed by atoms with Gasteiger partial charge in [-0.1, -0.05) is 74.3 Å². The fourth-order valence-corrected chi connectivity index (χ4v) is 0.957. The largest absolute Gasteiger partial charge is 0.368 e. The van der Waals surface area contributed by atoms with Crippen molar-refractivity contribution in [3.05, 3.63) is 11.6 Å². The lowest BCUT2D eigenvalue weighted by Gasteiger charge is -2.18. The van der Waals surface area contributed by atoms with Crippen LogP contribution in [-0.2, 0) is 4.74 Å². The molecule has 0 radical (unpaired) electrons. The number of ether oxygens (including phenoxy) is 1. The summed E-state index contributed by atoms with van der Waals surface area (Å²) in [7, 11) is 0. The second kappa shape index (κ2) is 17.7. The Morgan fingerprint density at radius 1 is 1.00 bits per heavy atom. The van der Waals surface area contributed by atoms with Crippen LogP contribution in [0.3, 0.4) is 0 Å². The first-order valence-electron chi connectivity index (χ1n) is 7.76. The highest BCUT2D eigenvalue weighted by atomic mass is 16.6. The van der Waals surface area contributed by atoms with Crippen molar-refractivity contribution >= 4 is 0 Å². The van der Waals surface area contributed by atoms with Gasteiger partial charge in [0.05, 0.1) is 6.61 Å². The fourth-order valence-electron chi connectivity index (χ4n) is 0.957. The zero-order valence-corrected chi connectivity index (χ0v) is 14.8. The molecule has 2 nitrogen and oxygen atoms in total. The molecule has 1 N–H and O–H groups in total. The molecule has 0 aromatic carbocycles. The number of hydrogen-bond donors (Lipinski definition) is 1. The minimum absolute atomic E-state index is 0.158. The number of rotatable bonds is 5. The second-order valence-electron chi connectivity index (χ2n) is 5.38. The molecular formula is C17H38O2. The molecule has 1 atom stereocenters. The van der Waals surface area contributed by atoms with Crippen LogP contribution in [0.25, 0.3) is 0 Å². The predicted octanol–water partition coefficient (Wildman–Crippen LogP) is 5.41. The summed E-state index contributed by atoms with van der Waals surface area (Å²) in [5, 5.41) is 9.40. The van der Waals surface area contributed by atoms with Crippen LogP contribution in [-0.4, -0.2) is 18.0 Å². The summed E-state index contributed by atoms with van der Waals surface area (Å²) in [6.07, 6.45) is 3.91. The minimum Gasteiger partial charge on any atom is -0.368 e. The molecule has 2 heteroatoms. The van der Waals surface area contributed by atoms with E-state index < -0.39 is 6.29 Å². The van der Waals surface area contributed by atoms with Crippen molar-refractivity contribution in [3.63, 3.8) is 0 Å². The lowest BCUT2D eigenvalue weighted by atomic mass is 10.0. The van der Waals surface area contributed by atoms with Gasteiger partial charge in [0, 0.05) is 5.92 Å². The van der Waals surface area contributed by atoms with Gasteiger partial charge < -0.3 is 9.84 Å². The van der Waals surface area contributed by atoms with E-state index in [1.165, 1.54) is 18.4 Å². The summed E-state index contributed by atoms with van der Waals surface area (Å²) in [6, 6.07) is 0. The van der Waals surface area contributed by atoms with Gasteiger partial charge in [-0.25, -0.2) is 0 Å². The van der Waals surface area contributed by atoms with Gasteiger partial charge in [0.25, 0.3) is 0 Å². The van der Waals surface area contributed by atoms with Gasteiger partial charge in [-0.2, -0.15) is 0 Å². The number of aliphatic hydroxyl groups is 1. The van der Waals surface area contributed by atoms with Crippen LogP contribution >= 0.6 is 0 Å². The SMILES string of the molecule is C/C=C(\COC(O)C(C)C)C(C)C.CCC.CCC. The maximum atomic E-state index is 9.40. The summed E-state index contributed by atoms with van der Waals surface area (Å²) in [4.78, 5) is 0. The standard InChI is InChI=1S/C11H22O2.2C3H8/c1-6-10(8(2)3)7-13-11(12)9(4)5;2*1-3-2/h6,8-9,11-12H,7H2,1-5H3;2*3H2,1-2H3/b10-6+;;. The highest BCUT2D eigenvalue weighted by molar-refractivity contribution is 5.03. The summed E-state index contributed by atoms with van der Waals surface area (Å²) in [5.74, 6) is 0.648. The summed E-state index contributed by atoms with van der Waals surface area (Å²) < 4.78 is 5.30. The quantitative estimate of drug-likeness (QED) is 0.536. The van der Waals surface area contributed by atoms with Crippen LogP contribution in [0, 0.1) is 11.8 Å². The summed E-state index contributed by atoms with van der Waals surface area (Å²) >= 11 is 0. The number of hydrogen-bond acceptors (Lipinski definition) is 2. The van der Waals surface area contributed by atoms with Crippen molar-refractivity contribution in [2.75, 3.05) is 6.61 Å². The van der Waals surface area contributed by atoms with E-state index in [1.807, 2.05) is 20.8 Å². The molecule has 0 saturated heterocycles. The van der Waals surface area contributed by atoms with Crippen LogP contribution in [0.2, 0.25) is 0 Å². The van der Waals surface area contributed by atoms with Gasteiger partial charge in [0.15, 0.2) is 6.29 Å². The Bertz CT molecular complexity index is 182. The Hall–Kier alpha value is -0.340. The molecule has 0 rings (SSSR count). The number of allylic oxidation sites excluding steroid dienone is 1. The number of aliphatic hydroxyl groups excluding tert-OH is 1. The average molecular weight is 274 g/mol. The van der Waals surface area contributed by atoms with Crippen LogP contribution < -0.4 is 0 Å². The Labute approximate surface area is 122 Å². The maximum absolute atomic E-state index is 9.40. The molecule has 0 aliphatic rings. The van der Waals surface area contributed by atoms with Gasteiger partial charge in [-0.3, -0.25) is 0 Å². The Balaban J connectivity index is -0.000000360. The zero-order valence-electron chi connectivity index (χ0n) is 14.8. The molecule has 0 aromatic rings. The van der Waals surface area contributed by atoms with Gasteiger partial charge in [0.1, 0.15) is 0 Å². The normalized spacial score (nSPS) is 12.5. The lowest BCUT2D eigenvalue weighted by molar-refractivity contribution is -0.119. The Kier molecular flexibility index (Phi) is 22.1. The van der Waals surface area contributed by atoms with Crippen molar-refractivity contribution in [1.29, 1.82) is 0 Å². The van der Waals surface area contributed by atoms with Crippen molar-refractivity contribution in [2.24, 2.45) is 11.8 Å². The summed E-state index contributed by atoms with van der Waals surface area (Å²) in [5.41, 5.74) is 1.24. The highest BCUT2D eigenvalue weighted by Gasteiger charge is 2.10. The molecule has 19 heavy (non-hydrogen) atoms. The van der Waals surface area contributed by atoms with Crippen molar-refractivity contribution in [2.45, 2.75) is 81.4 Å². The van der Waals surface area contributed by atoms with Crippen molar-refractivity contribution in [3.8, 4) is 0 Å². The van der Waals surface area contributed by atoms with E-state index in [9.17, 15) is 5.11 Å². The van der Waals surface area contributed by atoms with Crippen LogP contribution in [0.15, 0.2) is 11.6 Å². The molecule has 0 amide bonds. The Morgan fingerprint density at radius 3 is 1.58 bits per heavy atom. The van der Waals surface area contributed by atoms with E-state index in [0.717, 1.165) is 0 Å². The van der Waals surface area contributed by atoms with Gasteiger partial charge in [-0.05, 0) is 18.4 Å². The van der Waals surface area contributed by atoms with Crippen LogP contribution in [0.4, 0.5) is 0 Å². The molecule has 0 bridgehead atoms. The van der Waals surface area contributed by atoms with E-state index in [4.69, 9.17) is 4.74 Å². The zero-order chi connectivity index (χ0) is 15.8. The average Bonchev–Trinajstić information content (AvgIpc) is 2.31. The molecule has 0 heterocycles. The van der Waals surface area contributed by atoms with E-state index >= 15 is 0 Å². The maximum Gasteiger partial charge on any atom is 0.157 e. The van der Waals surface area contributed by atoms with E-state index in [0.29, 0.717) is 12.5 Å².